The highest BCUT2D eigenvalue weighted by Gasteiger charge is 2.29. The van der Waals surface area contributed by atoms with Crippen molar-refractivity contribution in [2.75, 3.05) is 33.5 Å². The first-order chi connectivity index (χ1) is 9.17. The van der Waals surface area contributed by atoms with E-state index in [2.05, 4.69) is 26.1 Å². The first-order valence-electron chi connectivity index (χ1n) is 7.97. The molecule has 0 aromatic rings. The first kappa shape index (κ1) is 16.9. The van der Waals surface area contributed by atoms with Crippen molar-refractivity contribution in [3.8, 4) is 0 Å². The summed E-state index contributed by atoms with van der Waals surface area (Å²) in [7, 11) is 1.72. The molecule has 0 heterocycles. The van der Waals surface area contributed by atoms with E-state index in [9.17, 15) is 0 Å². The van der Waals surface area contributed by atoms with Gasteiger partial charge in [0.15, 0.2) is 0 Å². The molecule has 1 N–H and O–H groups in total. The van der Waals surface area contributed by atoms with Crippen LogP contribution in [0.5, 0.6) is 0 Å². The molecule has 0 aromatic heterocycles. The van der Waals surface area contributed by atoms with Gasteiger partial charge in [-0.15, -0.1) is 0 Å². The van der Waals surface area contributed by atoms with Crippen LogP contribution >= 0.6 is 0 Å². The highest BCUT2D eigenvalue weighted by atomic mass is 16.5. The zero-order valence-corrected chi connectivity index (χ0v) is 13.3. The van der Waals surface area contributed by atoms with E-state index < -0.39 is 0 Å². The molecule has 3 nitrogen and oxygen atoms in total. The smallest absolute Gasteiger partial charge is 0.0700 e. The molecule has 1 saturated carbocycles. The Labute approximate surface area is 119 Å². The van der Waals surface area contributed by atoms with Crippen LogP contribution in [0.3, 0.4) is 0 Å². The van der Waals surface area contributed by atoms with Gasteiger partial charge in [0.05, 0.1) is 13.2 Å². The van der Waals surface area contributed by atoms with Gasteiger partial charge >= 0.3 is 0 Å². The van der Waals surface area contributed by atoms with Crippen molar-refractivity contribution in [1.29, 1.82) is 0 Å². The Hall–Kier alpha value is -0.120. The largest absolute Gasteiger partial charge is 0.382 e. The second-order valence-electron chi connectivity index (χ2n) is 6.24. The van der Waals surface area contributed by atoms with Crippen molar-refractivity contribution in [3.63, 3.8) is 0 Å². The van der Waals surface area contributed by atoms with Crippen LogP contribution < -0.4 is 5.32 Å². The van der Waals surface area contributed by atoms with Crippen molar-refractivity contribution in [3.05, 3.63) is 0 Å². The maximum Gasteiger partial charge on any atom is 0.0700 e. The molecule has 0 bridgehead atoms. The number of ether oxygens (including phenoxy) is 2. The molecule has 1 fully saturated rings. The topological polar surface area (TPSA) is 30.5 Å². The van der Waals surface area contributed by atoms with Gasteiger partial charge in [0, 0.05) is 19.8 Å². The van der Waals surface area contributed by atoms with E-state index in [1.807, 2.05) is 0 Å². The summed E-state index contributed by atoms with van der Waals surface area (Å²) in [6.07, 6.45) is 5.28. The summed E-state index contributed by atoms with van der Waals surface area (Å²) < 4.78 is 10.6. The van der Waals surface area contributed by atoms with Crippen molar-refractivity contribution in [2.24, 2.45) is 17.8 Å². The molecule has 1 aliphatic rings. The molecule has 3 unspecified atom stereocenters. The molecule has 0 spiro atoms. The van der Waals surface area contributed by atoms with Gasteiger partial charge in [-0.1, -0.05) is 20.8 Å². The lowest BCUT2D eigenvalue weighted by molar-refractivity contribution is 0.0587. The number of hydrogen-bond acceptors (Lipinski definition) is 3. The Bertz CT molecular complexity index is 213. The molecule has 1 rings (SSSR count). The normalized spacial score (nSPS) is 29.4. The van der Waals surface area contributed by atoms with E-state index in [4.69, 9.17) is 9.47 Å². The van der Waals surface area contributed by atoms with Crippen LogP contribution in [0, 0.1) is 17.8 Å². The lowest BCUT2D eigenvalue weighted by Gasteiger charge is -2.37. The quantitative estimate of drug-likeness (QED) is 0.654. The van der Waals surface area contributed by atoms with Gasteiger partial charge in [0.2, 0.25) is 0 Å². The molecule has 1 aliphatic carbocycles. The molecular formula is C16H33NO2. The Kier molecular flexibility index (Phi) is 8.67. The SMILES string of the molecule is CCNC(CCOCCOC)C1CC(C)CC(C)C1. The van der Waals surface area contributed by atoms with Crippen molar-refractivity contribution < 1.29 is 9.47 Å². The highest BCUT2D eigenvalue weighted by molar-refractivity contribution is 4.83. The lowest BCUT2D eigenvalue weighted by Crippen LogP contribution is -2.40. The number of hydrogen-bond donors (Lipinski definition) is 1. The van der Waals surface area contributed by atoms with E-state index in [1.54, 1.807) is 7.11 Å². The summed E-state index contributed by atoms with van der Waals surface area (Å²) in [5.41, 5.74) is 0. The molecule has 0 saturated heterocycles. The van der Waals surface area contributed by atoms with Crippen LogP contribution in [-0.2, 0) is 9.47 Å². The van der Waals surface area contributed by atoms with Crippen LogP contribution in [0.4, 0.5) is 0 Å². The zero-order chi connectivity index (χ0) is 14.1. The predicted octanol–water partition coefficient (Wildman–Crippen LogP) is 3.09. The van der Waals surface area contributed by atoms with Gasteiger partial charge in [-0.25, -0.2) is 0 Å². The third-order valence-electron chi connectivity index (χ3n) is 4.26. The Morgan fingerprint density at radius 1 is 1.05 bits per heavy atom. The summed E-state index contributed by atoms with van der Waals surface area (Å²) in [5, 5.41) is 3.67. The van der Waals surface area contributed by atoms with E-state index in [-0.39, 0.29) is 0 Å². The fourth-order valence-corrected chi connectivity index (χ4v) is 3.56. The van der Waals surface area contributed by atoms with E-state index in [0.717, 1.165) is 37.3 Å². The Morgan fingerprint density at radius 2 is 1.74 bits per heavy atom. The predicted molar refractivity (Wildman–Crippen MR) is 80.4 cm³/mol. The van der Waals surface area contributed by atoms with E-state index in [0.29, 0.717) is 19.3 Å². The molecule has 0 radical (unpaired) electrons. The van der Waals surface area contributed by atoms with Crippen LogP contribution in [0.2, 0.25) is 0 Å². The minimum atomic E-state index is 0.623. The highest BCUT2D eigenvalue weighted by Crippen LogP contribution is 2.35. The maximum absolute atomic E-state index is 5.63. The summed E-state index contributed by atoms with van der Waals surface area (Å²) in [6, 6.07) is 0.623. The van der Waals surface area contributed by atoms with Crippen LogP contribution in [-0.4, -0.2) is 39.5 Å². The maximum atomic E-state index is 5.63. The Balaban J connectivity index is 2.33. The third kappa shape index (κ3) is 6.73. The summed E-state index contributed by atoms with van der Waals surface area (Å²) >= 11 is 0. The minimum absolute atomic E-state index is 0.623. The molecule has 114 valence electrons. The zero-order valence-electron chi connectivity index (χ0n) is 13.3. The molecule has 19 heavy (non-hydrogen) atoms. The molecular weight excluding hydrogens is 238 g/mol. The average molecular weight is 271 g/mol. The first-order valence-corrected chi connectivity index (χ1v) is 7.97. The molecule has 0 aromatic carbocycles. The average Bonchev–Trinajstić information content (AvgIpc) is 2.36. The second-order valence-corrected chi connectivity index (χ2v) is 6.24. The second kappa shape index (κ2) is 9.73. The summed E-state index contributed by atoms with van der Waals surface area (Å²) in [4.78, 5) is 0. The summed E-state index contributed by atoms with van der Waals surface area (Å²) in [6.45, 7) is 10.3. The van der Waals surface area contributed by atoms with Gasteiger partial charge in [0.25, 0.3) is 0 Å². The number of rotatable bonds is 9. The lowest BCUT2D eigenvalue weighted by atomic mass is 9.73. The molecule has 0 aliphatic heterocycles. The van der Waals surface area contributed by atoms with Crippen LogP contribution in [0.1, 0.15) is 46.5 Å². The van der Waals surface area contributed by atoms with Crippen LogP contribution in [0.25, 0.3) is 0 Å². The monoisotopic (exact) mass is 271 g/mol. The van der Waals surface area contributed by atoms with Crippen LogP contribution in [0.15, 0.2) is 0 Å². The van der Waals surface area contributed by atoms with Gasteiger partial charge in [-0.2, -0.15) is 0 Å². The fourth-order valence-electron chi connectivity index (χ4n) is 3.56. The van der Waals surface area contributed by atoms with Gasteiger partial charge < -0.3 is 14.8 Å². The standard InChI is InChI=1S/C16H33NO2/c1-5-17-16(6-7-19-9-8-18-4)15-11-13(2)10-14(3)12-15/h13-17H,5-12H2,1-4H3. The molecule has 3 heteroatoms. The number of methoxy groups -OCH3 is 1. The summed E-state index contributed by atoms with van der Waals surface area (Å²) in [5.74, 6) is 2.58. The van der Waals surface area contributed by atoms with Gasteiger partial charge in [0.1, 0.15) is 0 Å². The van der Waals surface area contributed by atoms with E-state index >= 15 is 0 Å². The fraction of sp³-hybridized carbons (Fsp3) is 1.00. The molecule has 0 amide bonds. The van der Waals surface area contributed by atoms with Gasteiger partial charge in [-0.05, 0) is 50.0 Å². The Morgan fingerprint density at radius 3 is 2.32 bits per heavy atom. The minimum Gasteiger partial charge on any atom is -0.382 e. The van der Waals surface area contributed by atoms with Crippen molar-refractivity contribution in [1.82, 2.24) is 5.32 Å². The van der Waals surface area contributed by atoms with Gasteiger partial charge in [-0.3, -0.25) is 0 Å². The van der Waals surface area contributed by atoms with Crippen molar-refractivity contribution in [2.45, 2.75) is 52.5 Å². The number of nitrogens with one attached hydrogen (secondary N) is 1. The third-order valence-corrected chi connectivity index (χ3v) is 4.26. The molecule has 3 atom stereocenters. The van der Waals surface area contributed by atoms with Crippen molar-refractivity contribution >= 4 is 0 Å². The van der Waals surface area contributed by atoms with E-state index in [1.165, 1.54) is 19.3 Å².